The number of aromatic nitrogens is 1. The first-order valence-electron chi connectivity index (χ1n) is 10.5. The molecule has 2 aliphatic heterocycles. The molecular formula is C26H21ClN2O3. The maximum Gasteiger partial charge on any atom is 0.259 e. The van der Waals surface area contributed by atoms with Gasteiger partial charge in [0.15, 0.2) is 11.5 Å². The van der Waals surface area contributed by atoms with Gasteiger partial charge in [-0.05, 0) is 41.0 Å². The highest BCUT2D eigenvalue weighted by Crippen LogP contribution is 2.52. The predicted octanol–water partition coefficient (Wildman–Crippen LogP) is 5.53. The number of nitrogens with one attached hydrogen (secondary N) is 1. The van der Waals surface area contributed by atoms with Gasteiger partial charge in [-0.25, -0.2) is 0 Å². The van der Waals surface area contributed by atoms with Gasteiger partial charge in [0.05, 0.1) is 25.8 Å². The van der Waals surface area contributed by atoms with Crippen LogP contribution in [-0.4, -0.2) is 36.6 Å². The third-order valence-corrected chi connectivity index (χ3v) is 6.96. The summed E-state index contributed by atoms with van der Waals surface area (Å²) in [5, 5.41) is 1.88. The van der Waals surface area contributed by atoms with E-state index in [0.717, 1.165) is 22.3 Å². The summed E-state index contributed by atoms with van der Waals surface area (Å²) in [7, 11) is 3.16. The number of hydrogen-bond donors (Lipinski definition) is 1. The van der Waals surface area contributed by atoms with Crippen molar-refractivity contribution in [1.29, 1.82) is 0 Å². The highest BCUT2D eigenvalue weighted by atomic mass is 35.5. The van der Waals surface area contributed by atoms with Crippen molar-refractivity contribution in [2.75, 3.05) is 20.8 Å². The fourth-order valence-electron chi connectivity index (χ4n) is 5.35. The van der Waals surface area contributed by atoms with E-state index in [4.69, 9.17) is 21.1 Å². The second kappa shape index (κ2) is 7.04. The number of halogens is 1. The van der Waals surface area contributed by atoms with E-state index >= 15 is 0 Å². The topological polar surface area (TPSA) is 54.6 Å². The van der Waals surface area contributed by atoms with E-state index in [-0.39, 0.29) is 17.9 Å². The van der Waals surface area contributed by atoms with Crippen LogP contribution in [0.2, 0.25) is 5.02 Å². The molecule has 32 heavy (non-hydrogen) atoms. The highest BCUT2D eigenvalue weighted by molar-refractivity contribution is 6.30. The number of nitrogens with zero attached hydrogens (tertiary/aromatic N) is 1. The number of methoxy groups -OCH3 is 2. The lowest BCUT2D eigenvalue weighted by Gasteiger charge is -2.36. The third kappa shape index (κ3) is 2.55. The van der Waals surface area contributed by atoms with Crippen LogP contribution in [0.15, 0.2) is 60.7 Å². The van der Waals surface area contributed by atoms with Crippen LogP contribution < -0.4 is 9.47 Å². The fourth-order valence-corrected chi connectivity index (χ4v) is 5.48. The third-order valence-electron chi connectivity index (χ3n) is 6.71. The van der Waals surface area contributed by atoms with Crippen LogP contribution in [0.4, 0.5) is 0 Å². The Morgan fingerprint density at radius 3 is 2.53 bits per heavy atom. The van der Waals surface area contributed by atoms with Gasteiger partial charge in [0.25, 0.3) is 5.91 Å². The molecule has 1 aromatic heterocycles. The van der Waals surface area contributed by atoms with Crippen LogP contribution in [-0.2, 0) is 0 Å². The van der Waals surface area contributed by atoms with Crippen molar-refractivity contribution in [2.24, 2.45) is 0 Å². The van der Waals surface area contributed by atoms with Gasteiger partial charge in [0.1, 0.15) is 0 Å². The Balaban J connectivity index is 1.61. The molecule has 2 atom stereocenters. The first-order valence-corrected chi connectivity index (χ1v) is 10.9. The number of amides is 1. The van der Waals surface area contributed by atoms with Gasteiger partial charge in [-0.2, -0.15) is 0 Å². The second-order valence-corrected chi connectivity index (χ2v) is 8.66. The summed E-state index contributed by atoms with van der Waals surface area (Å²) in [4.78, 5) is 19.3. The standard InChI is InChI=1S/C26H21ClN2O3/c1-31-20-12-11-17-22(25(20)32-2)26(30)29-13-18(14-7-9-15(27)10-8-14)21-16-5-3-4-6-19(16)28-23(21)24(17)29/h3-12,18,24,28H,13H2,1-2H3/t18-,24+/m0/s1. The van der Waals surface area contributed by atoms with Crippen LogP contribution in [0, 0.1) is 0 Å². The van der Waals surface area contributed by atoms with E-state index in [1.807, 2.05) is 35.2 Å². The van der Waals surface area contributed by atoms with Gasteiger partial charge in [0, 0.05) is 34.1 Å². The number of carbonyl (C=O) groups excluding carboxylic acids is 1. The minimum absolute atomic E-state index is 0.0285. The normalized spacial score (nSPS) is 19.0. The Kier molecular flexibility index (Phi) is 4.24. The molecule has 0 saturated carbocycles. The number of fused-ring (bicyclic) bond motifs is 7. The van der Waals surface area contributed by atoms with Gasteiger partial charge in [0.2, 0.25) is 0 Å². The molecule has 1 amide bonds. The molecule has 0 radical (unpaired) electrons. The van der Waals surface area contributed by atoms with Crippen LogP contribution in [0.3, 0.4) is 0 Å². The lowest BCUT2D eigenvalue weighted by Crippen LogP contribution is -2.37. The van der Waals surface area contributed by atoms with Gasteiger partial charge < -0.3 is 19.4 Å². The highest BCUT2D eigenvalue weighted by Gasteiger charge is 2.47. The summed E-state index contributed by atoms with van der Waals surface area (Å²) in [6, 6.07) is 19.9. The van der Waals surface area contributed by atoms with Crippen molar-refractivity contribution in [3.05, 3.63) is 93.6 Å². The van der Waals surface area contributed by atoms with Gasteiger partial charge in [-0.1, -0.05) is 48.0 Å². The van der Waals surface area contributed by atoms with E-state index in [0.29, 0.717) is 28.6 Å². The second-order valence-electron chi connectivity index (χ2n) is 8.23. The van der Waals surface area contributed by atoms with Crippen LogP contribution >= 0.6 is 11.6 Å². The molecule has 4 aromatic rings. The summed E-state index contributed by atoms with van der Waals surface area (Å²) < 4.78 is 11.1. The Hall–Kier alpha value is -3.44. The Morgan fingerprint density at radius 1 is 1.00 bits per heavy atom. The Labute approximate surface area is 190 Å². The first kappa shape index (κ1) is 19.3. The van der Waals surface area contributed by atoms with Crippen molar-refractivity contribution < 1.29 is 14.3 Å². The Morgan fingerprint density at radius 2 is 1.78 bits per heavy atom. The van der Waals surface area contributed by atoms with E-state index in [1.54, 1.807) is 14.2 Å². The molecule has 0 unspecified atom stereocenters. The number of carbonyl (C=O) groups is 1. The molecule has 3 heterocycles. The van der Waals surface area contributed by atoms with Crippen molar-refractivity contribution in [1.82, 2.24) is 9.88 Å². The molecular weight excluding hydrogens is 424 g/mol. The summed E-state index contributed by atoms with van der Waals surface area (Å²) in [5.41, 5.74) is 6.01. The van der Waals surface area contributed by atoms with Crippen molar-refractivity contribution in [2.45, 2.75) is 12.0 Å². The zero-order chi connectivity index (χ0) is 22.0. The number of benzene rings is 3. The van der Waals surface area contributed by atoms with E-state index in [2.05, 4.69) is 35.3 Å². The number of ether oxygens (including phenoxy) is 2. The van der Waals surface area contributed by atoms with E-state index < -0.39 is 0 Å². The average Bonchev–Trinajstić information content (AvgIpc) is 3.34. The molecule has 0 bridgehead atoms. The van der Waals surface area contributed by atoms with Crippen LogP contribution in [0.25, 0.3) is 10.9 Å². The maximum atomic E-state index is 13.7. The monoisotopic (exact) mass is 444 g/mol. The van der Waals surface area contributed by atoms with Crippen molar-refractivity contribution in [3.8, 4) is 11.5 Å². The van der Waals surface area contributed by atoms with Gasteiger partial charge in [-0.15, -0.1) is 0 Å². The quantitative estimate of drug-likeness (QED) is 0.452. The molecule has 3 aromatic carbocycles. The summed E-state index contributed by atoms with van der Waals surface area (Å²) in [6.45, 7) is 0.570. The summed E-state index contributed by atoms with van der Waals surface area (Å²) in [5.74, 6) is 1.04. The van der Waals surface area contributed by atoms with E-state index in [1.165, 1.54) is 10.9 Å². The first-order chi connectivity index (χ1) is 15.6. The summed E-state index contributed by atoms with van der Waals surface area (Å²) >= 11 is 6.16. The van der Waals surface area contributed by atoms with Crippen molar-refractivity contribution >= 4 is 28.4 Å². The number of rotatable bonds is 3. The minimum Gasteiger partial charge on any atom is -0.493 e. The lowest BCUT2D eigenvalue weighted by molar-refractivity contribution is 0.0725. The zero-order valence-corrected chi connectivity index (χ0v) is 18.4. The van der Waals surface area contributed by atoms with Crippen molar-refractivity contribution in [3.63, 3.8) is 0 Å². The molecule has 6 heteroatoms. The lowest BCUT2D eigenvalue weighted by atomic mass is 9.83. The zero-order valence-electron chi connectivity index (χ0n) is 17.7. The number of para-hydroxylation sites is 1. The Bertz CT molecular complexity index is 1380. The van der Waals surface area contributed by atoms with Crippen LogP contribution in [0.5, 0.6) is 11.5 Å². The number of hydrogen-bond acceptors (Lipinski definition) is 3. The molecule has 0 aliphatic carbocycles. The molecule has 1 N–H and O–H groups in total. The molecule has 0 fully saturated rings. The molecule has 0 saturated heterocycles. The average molecular weight is 445 g/mol. The predicted molar refractivity (Wildman–Crippen MR) is 124 cm³/mol. The van der Waals surface area contributed by atoms with Gasteiger partial charge >= 0.3 is 0 Å². The molecule has 6 rings (SSSR count). The van der Waals surface area contributed by atoms with Gasteiger partial charge in [-0.3, -0.25) is 4.79 Å². The maximum absolute atomic E-state index is 13.7. The smallest absolute Gasteiger partial charge is 0.259 e. The SMILES string of the molecule is COc1ccc2c(c1OC)C(=O)N1C[C@@H](c3ccc(Cl)cc3)c3c([nH]c4ccccc34)[C@@H]21. The fraction of sp³-hybridized carbons (Fsp3) is 0.192. The number of H-pyrrole nitrogens is 1. The summed E-state index contributed by atoms with van der Waals surface area (Å²) in [6.07, 6.45) is 0. The molecule has 5 nitrogen and oxygen atoms in total. The largest absolute Gasteiger partial charge is 0.493 e. The van der Waals surface area contributed by atoms with Crippen LogP contribution in [0.1, 0.15) is 44.7 Å². The minimum atomic E-state index is -0.191. The molecule has 2 aliphatic rings. The molecule has 0 spiro atoms. The molecule has 160 valence electrons. The van der Waals surface area contributed by atoms with E-state index in [9.17, 15) is 4.79 Å². The number of aromatic amines is 1.